The lowest BCUT2D eigenvalue weighted by molar-refractivity contribution is -0.385. The monoisotopic (exact) mass is 338 g/mol. The van der Waals surface area contributed by atoms with E-state index >= 15 is 0 Å². The van der Waals surface area contributed by atoms with Crippen LogP contribution in [0.1, 0.15) is 10.4 Å². The molecule has 0 saturated carbocycles. The zero-order chi connectivity index (χ0) is 14.7. The highest BCUT2D eigenvalue weighted by atomic mass is 79.9. The fourth-order valence-electron chi connectivity index (χ4n) is 1.60. The van der Waals surface area contributed by atoms with Crippen LogP contribution in [0.15, 0.2) is 46.9 Å². The molecule has 0 unspecified atom stereocenters. The highest BCUT2D eigenvalue weighted by molar-refractivity contribution is 9.10. The Bertz CT molecular complexity index is 691. The van der Waals surface area contributed by atoms with E-state index in [1.807, 2.05) is 0 Å². The van der Waals surface area contributed by atoms with Gasteiger partial charge in [0.15, 0.2) is 0 Å². The third-order valence-electron chi connectivity index (χ3n) is 2.52. The van der Waals surface area contributed by atoms with Gasteiger partial charge in [-0.3, -0.25) is 14.9 Å². The van der Waals surface area contributed by atoms with Crippen LogP contribution < -0.4 is 5.32 Å². The number of halogens is 2. The molecule has 0 aliphatic heterocycles. The van der Waals surface area contributed by atoms with Crippen molar-refractivity contribution in [2.75, 3.05) is 5.32 Å². The molecule has 5 nitrogen and oxygen atoms in total. The van der Waals surface area contributed by atoms with Crippen molar-refractivity contribution in [3.05, 3.63) is 68.4 Å². The van der Waals surface area contributed by atoms with E-state index in [0.29, 0.717) is 10.2 Å². The van der Waals surface area contributed by atoms with Crippen LogP contribution in [-0.4, -0.2) is 10.8 Å². The Kier molecular flexibility index (Phi) is 4.09. The Hall–Kier alpha value is -2.28. The van der Waals surface area contributed by atoms with Gasteiger partial charge in [-0.1, -0.05) is 12.1 Å². The first kappa shape index (κ1) is 14.1. The van der Waals surface area contributed by atoms with E-state index in [2.05, 4.69) is 21.2 Å². The number of nitrogens with one attached hydrogen (secondary N) is 1. The predicted molar refractivity (Wildman–Crippen MR) is 75.1 cm³/mol. The fourth-order valence-corrected chi connectivity index (χ4v) is 1.99. The van der Waals surface area contributed by atoms with Crippen LogP contribution in [0.4, 0.5) is 15.8 Å². The molecule has 102 valence electrons. The molecule has 2 aromatic carbocycles. The highest BCUT2D eigenvalue weighted by Gasteiger charge is 2.21. The number of hydrogen-bond donors (Lipinski definition) is 1. The molecule has 2 aromatic rings. The first-order valence-corrected chi connectivity index (χ1v) is 6.28. The molecule has 0 atom stereocenters. The second-order valence-corrected chi connectivity index (χ2v) is 4.71. The normalized spacial score (nSPS) is 10.1. The first-order valence-electron chi connectivity index (χ1n) is 5.49. The lowest BCUT2D eigenvalue weighted by atomic mass is 10.1. The van der Waals surface area contributed by atoms with Crippen LogP contribution in [0.3, 0.4) is 0 Å². The minimum atomic E-state index is -0.747. The summed E-state index contributed by atoms with van der Waals surface area (Å²) in [6.07, 6.45) is 0. The summed E-state index contributed by atoms with van der Waals surface area (Å²) < 4.78 is 13.8. The Morgan fingerprint density at radius 2 is 1.95 bits per heavy atom. The van der Waals surface area contributed by atoms with E-state index in [-0.39, 0.29) is 5.56 Å². The summed E-state index contributed by atoms with van der Waals surface area (Å²) in [5, 5.41) is 13.3. The summed E-state index contributed by atoms with van der Waals surface area (Å²) in [6, 6.07) is 9.51. The van der Waals surface area contributed by atoms with E-state index in [1.165, 1.54) is 0 Å². The SMILES string of the molecule is O=C(Nc1ccccc1Br)c1cc(F)ccc1[N+](=O)[O-]. The Labute approximate surface area is 121 Å². The summed E-state index contributed by atoms with van der Waals surface area (Å²) >= 11 is 3.24. The van der Waals surface area contributed by atoms with Gasteiger partial charge in [0, 0.05) is 10.5 Å². The molecule has 0 aromatic heterocycles. The van der Waals surface area contributed by atoms with Gasteiger partial charge in [-0.05, 0) is 40.2 Å². The van der Waals surface area contributed by atoms with E-state index in [9.17, 15) is 19.3 Å². The molecule has 2 rings (SSSR count). The molecule has 20 heavy (non-hydrogen) atoms. The van der Waals surface area contributed by atoms with Crippen molar-refractivity contribution in [1.29, 1.82) is 0 Å². The van der Waals surface area contributed by atoms with Crippen LogP contribution in [-0.2, 0) is 0 Å². The van der Waals surface area contributed by atoms with E-state index in [1.54, 1.807) is 24.3 Å². The highest BCUT2D eigenvalue weighted by Crippen LogP contribution is 2.24. The predicted octanol–water partition coefficient (Wildman–Crippen LogP) is 3.75. The van der Waals surface area contributed by atoms with E-state index < -0.39 is 22.3 Å². The van der Waals surface area contributed by atoms with E-state index in [0.717, 1.165) is 18.2 Å². The molecule has 0 aliphatic rings. The number of hydrogen-bond acceptors (Lipinski definition) is 3. The third kappa shape index (κ3) is 3.00. The number of anilines is 1. The number of rotatable bonds is 3. The largest absolute Gasteiger partial charge is 0.321 e. The number of nitro groups is 1. The number of amides is 1. The maximum Gasteiger partial charge on any atom is 0.282 e. The summed E-state index contributed by atoms with van der Waals surface area (Å²) in [6.45, 7) is 0. The number of carbonyl (C=O) groups is 1. The van der Waals surface area contributed by atoms with E-state index in [4.69, 9.17) is 0 Å². The standard InChI is InChI=1S/C13H8BrFN2O3/c14-10-3-1-2-4-11(10)16-13(18)9-7-8(15)5-6-12(9)17(19)20/h1-7H,(H,16,18). The van der Waals surface area contributed by atoms with Gasteiger partial charge in [-0.15, -0.1) is 0 Å². The maximum atomic E-state index is 13.2. The van der Waals surface area contributed by atoms with Crippen LogP contribution in [0.2, 0.25) is 0 Å². The summed E-state index contributed by atoms with van der Waals surface area (Å²) in [4.78, 5) is 22.2. The molecule has 1 N–H and O–H groups in total. The molecule has 0 radical (unpaired) electrons. The molecule has 0 fully saturated rings. The van der Waals surface area contributed by atoms with Crippen molar-refractivity contribution in [1.82, 2.24) is 0 Å². The molecule has 0 aliphatic carbocycles. The summed E-state index contributed by atoms with van der Waals surface area (Å²) in [7, 11) is 0. The van der Waals surface area contributed by atoms with Crippen LogP contribution in [0, 0.1) is 15.9 Å². The van der Waals surface area contributed by atoms with Gasteiger partial charge < -0.3 is 5.32 Å². The molecule has 0 heterocycles. The smallest absolute Gasteiger partial charge is 0.282 e. The van der Waals surface area contributed by atoms with Crippen LogP contribution in [0.25, 0.3) is 0 Å². The summed E-state index contributed by atoms with van der Waals surface area (Å²) in [5.74, 6) is -1.46. The molecule has 1 amide bonds. The minimum absolute atomic E-state index is 0.328. The van der Waals surface area contributed by atoms with Gasteiger partial charge in [-0.25, -0.2) is 4.39 Å². The van der Waals surface area contributed by atoms with Gasteiger partial charge in [0.05, 0.1) is 10.6 Å². The minimum Gasteiger partial charge on any atom is -0.321 e. The molecular formula is C13H8BrFN2O3. The number of carbonyl (C=O) groups excluding carboxylic acids is 1. The third-order valence-corrected chi connectivity index (χ3v) is 3.21. The zero-order valence-corrected chi connectivity index (χ0v) is 11.6. The molecule has 7 heteroatoms. The second kappa shape index (κ2) is 5.79. The number of para-hydroxylation sites is 1. The molecule has 0 bridgehead atoms. The van der Waals surface area contributed by atoms with Gasteiger partial charge in [-0.2, -0.15) is 0 Å². The number of nitro benzene ring substituents is 1. The van der Waals surface area contributed by atoms with Crippen LogP contribution >= 0.6 is 15.9 Å². The van der Waals surface area contributed by atoms with Crippen molar-refractivity contribution in [2.45, 2.75) is 0 Å². The quantitative estimate of drug-likeness (QED) is 0.684. The van der Waals surface area contributed by atoms with Crippen molar-refractivity contribution in [2.24, 2.45) is 0 Å². The lowest BCUT2D eigenvalue weighted by Gasteiger charge is -2.07. The Morgan fingerprint density at radius 1 is 1.25 bits per heavy atom. The second-order valence-electron chi connectivity index (χ2n) is 3.85. The number of benzene rings is 2. The average molecular weight is 339 g/mol. The van der Waals surface area contributed by atoms with Gasteiger partial charge in [0.1, 0.15) is 11.4 Å². The lowest BCUT2D eigenvalue weighted by Crippen LogP contribution is -2.14. The molecular weight excluding hydrogens is 331 g/mol. The fraction of sp³-hybridized carbons (Fsp3) is 0. The van der Waals surface area contributed by atoms with Gasteiger partial charge >= 0.3 is 0 Å². The first-order chi connectivity index (χ1) is 9.49. The van der Waals surface area contributed by atoms with Gasteiger partial charge in [0.25, 0.3) is 11.6 Å². The molecule has 0 spiro atoms. The maximum absolute atomic E-state index is 13.2. The van der Waals surface area contributed by atoms with Crippen molar-refractivity contribution in [3.8, 4) is 0 Å². The zero-order valence-electron chi connectivity index (χ0n) is 9.97. The van der Waals surface area contributed by atoms with Crippen molar-refractivity contribution in [3.63, 3.8) is 0 Å². The van der Waals surface area contributed by atoms with Crippen LogP contribution in [0.5, 0.6) is 0 Å². The molecule has 0 saturated heterocycles. The van der Waals surface area contributed by atoms with Gasteiger partial charge in [0.2, 0.25) is 0 Å². The Balaban J connectivity index is 2.37. The average Bonchev–Trinajstić information content (AvgIpc) is 2.40. The topological polar surface area (TPSA) is 72.2 Å². The Morgan fingerprint density at radius 3 is 2.60 bits per heavy atom. The summed E-state index contributed by atoms with van der Waals surface area (Å²) in [5.41, 5.74) is -0.335. The van der Waals surface area contributed by atoms with Crippen molar-refractivity contribution >= 4 is 33.2 Å². The number of nitrogens with zero attached hydrogens (tertiary/aromatic N) is 1. The van der Waals surface area contributed by atoms with Crippen molar-refractivity contribution < 1.29 is 14.1 Å².